The minimum atomic E-state index is -1.24. The van der Waals surface area contributed by atoms with Gasteiger partial charge in [-0.15, -0.1) is 0 Å². The lowest BCUT2D eigenvalue weighted by Gasteiger charge is -2.34. The number of H-pyrrole nitrogens is 1. The van der Waals surface area contributed by atoms with Crippen LogP contribution in [0.2, 0.25) is 0 Å². The summed E-state index contributed by atoms with van der Waals surface area (Å²) in [5.74, 6) is -0.995. The van der Waals surface area contributed by atoms with Gasteiger partial charge in [-0.1, -0.05) is 0 Å². The van der Waals surface area contributed by atoms with Gasteiger partial charge in [-0.3, -0.25) is 4.79 Å². The molecule has 0 spiro atoms. The van der Waals surface area contributed by atoms with Gasteiger partial charge in [0, 0.05) is 24.8 Å². The second-order valence-electron chi connectivity index (χ2n) is 8.23. The Labute approximate surface area is 204 Å². The number of esters is 1. The molecule has 3 heterocycles. The van der Waals surface area contributed by atoms with Gasteiger partial charge in [-0.05, 0) is 37.3 Å². The molecule has 1 amide bonds. The molecule has 12 nitrogen and oxygen atoms in total. The SMILES string of the molecule is CC1(C(=O)OC(N)=O)COC(c2nc(-c3ccc(F)cc3)c(-c3ccnc(OCCCO)n3)[nH]2)OC1. The monoisotopic (exact) mass is 501 g/mol. The first-order chi connectivity index (χ1) is 17.3. The maximum Gasteiger partial charge on any atom is 0.412 e. The summed E-state index contributed by atoms with van der Waals surface area (Å²) in [6, 6.07) is 7.50. The Hall–Kier alpha value is -3.94. The Morgan fingerprint density at radius 3 is 2.61 bits per heavy atom. The van der Waals surface area contributed by atoms with Crippen molar-refractivity contribution in [3.8, 4) is 28.7 Å². The van der Waals surface area contributed by atoms with Crippen LogP contribution in [0, 0.1) is 11.2 Å². The summed E-state index contributed by atoms with van der Waals surface area (Å²) in [5.41, 5.74) is 5.64. The minimum absolute atomic E-state index is 0.0288. The van der Waals surface area contributed by atoms with Crippen LogP contribution in [0.4, 0.5) is 9.18 Å². The number of hydrogen-bond donors (Lipinski definition) is 3. The van der Waals surface area contributed by atoms with Crippen LogP contribution in [0.15, 0.2) is 36.5 Å². The lowest BCUT2D eigenvalue weighted by molar-refractivity contribution is -0.236. The molecular formula is C23H24FN5O7. The topological polar surface area (TPSA) is 172 Å². The first-order valence-electron chi connectivity index (χ1n) is 11.0. The Bertz CT molecular complexity index is 1230. The van der Waals surface area contributed by atoms with E-state index in [0.717, 1.165) is 0 Å². The van der Waals surface area contributed by atoms with Crippen molar-refractivity contribution in [2.75, 3.05) is 26.4 Å². The molecule has 1 aliphatic heterocycles. The Morgan fingerprint density at radius 2 is 1.94 bits per heavy atom. The molecule has 1 saturated heterocycles. The number of aliphatic hydroxyl groups is 1. The van der Waals surface area contributed by atoms with Gasteiger partial charge in [0.2, 0.25) is 6.29 Å². The molecule has 4 rings (SSSR count). The number of primary amides is 1. The number of amides is 1. The van der Waals surface area contributed by atoms with Gasteiger partial charge in [0.1, 0.15) is 11.2 Å². The highest BCUT2D eigenvalue weighted by Crippen LogP contribution is 2.36. The number of carbonyl (C=O) groups is 2. The second kappa shape index (κ2) is 10.8. The summed E-state index contributed by atoms with van der Waals surface area (Å²) in [6.07, 6.45) is -0.262. The van der Waals surface area contributed by atoms with Crippen LogP contribution in [-0.4, -0.2) is 63.5 Å². The maximum absolute atomic E-state index is 13.5. The van der Waals surface area contributed by atoms with E-state index in [2.05, 4.69) is 24.7 Å². The standard InChI is InChI=1S/C23H24FN5O7/c1-23(20(31)36-21(25)32)11-34-19(35-12-23)18-28-16(13-3-5-14(24)6-4-13)17(29-18)15-7-8-26-22(27-15)33-10-2-9-30/h3-8,19,30H,2,9-12H2,1H3,(H2,25,32)(H,28,29). The van der Waals surface area contributed by atoms with E-state index in [1.165, 1.54) is 25.3 Å². The van der Waals surface area contributed by atoms with E-state index >= 15 is 0 Å². The fraction of sp³-hybridized carbons (Fsp3) is 0.348. The summed E-state index contributed by atoms with van der Waals surface area (Å²) >= 11 is 0. The molecule has 0 saturated carbocycles. The number of halogens is 1. The molecule has 1 fully saturated rings. The average Bonchev–Trinajstić information content (AvgIpc) is 3.30. The van der Waals surface area contributed by atoms with Crippen molar-refractivity contribution in [1.29, 1.82) is 0 Å². The Morgan fingerprint density at radius 1 is 1.22 bits per heavy atom. The number of ether oxygens (including phenoxy) is 4. The molecule has 4 N–H and O–H groups in total. The number of nitrogens with two attached hydrogens (primary N) is 1. The van der Waals surface area contributed by atoms with Gasteiger partial charge < -0.3 is 34.8 Å². The molecule has 36 heavy (non-hydrogen) atoms. The van der Waals surface area contributed by atoms with E-state index in [0.29, 0.717) is 29.1 Å². The summed E-state index contributed by atoms with van der Waals surface area (Å²) < 4.78 is 34.9. The van der Waals surface area contributed by atoms with Crippen LogP contribution in [0.5, 0.6) is 6.01 Å². The van der Waals surface area contributed by atoms with Crippen molar-refractivity contribution in [3.05, 3.63) is 48.2 Å². The van der Waals surface area contributed by atoms with Gasteiger partial charge in [-0.25, -0.2) is 19.2 Å². The zero-order valence-corrected chi connectivity index (χ0v) is 19.3. The third kappa shape index (κ3) is 5.64. The highest BCUT2D eigenvalue weighted by Gasteiger charge is 2.43. The van der Waals surface area contributed by atoms with Crippen LogP contribution in [0.1, 0.15) is 25.5 Å². The number of carbonyl (C=O) groups excluding carboxylic acids is 2. The van der Waals surface area contributed by atoms with Crippen molar-refractivity contribution in [3.63, 3.8) is 0 Å². The molecule has 190 valence electrons. The fourth-order valence-corrected chi connectivity index (χ4v) is 3.38. The molecule has 0 atom stereocenters. The van der Waals surface area contributed by atoms with Crippen molar-refractivity contribution in [2.24, 2.45) is 11.1 Å². The normalized spacial score (nSPS) is 19.6. The van der Waals surface area contributed by atoms with Crippen LogP contribution < -0.4 is 10.5 Å². The van der Waals surface area contributed by atoms with E-state index in [-0.39, 0.29) is 38.3 Å². The van der Waals surface area contributed by atoms with Crippen molar-refractivity contribution in [2.45, 2.75) is 19.6 Å². The second-order valence-corrected chi connectivity index (χ2v) is 8.23. The third-order valence-electron chi connectivity index (χ3n) is 5.28. The Balaban J connectivity index is 1.63. The zero-order chi connectivity index (χ0) is 25.7. The van der Waals surface area contributed by atoms with Gasteiger partial charge in [0.25, 0.3) is 0 Å². The quantitative estimate of drug-likeness (QED) is 0.236. The molecule has 1 aliphatic rings. The third-order valence-corrected chi connectivity index (χ3v) is 5.28. The van der Waals surface area contributed by atoms with Crippen molar-refractivity contribution in [1.82, 2.24) is 19.9 Å². The van der Waals surface area contributed by atoms with Crippen LogP contribution in [0.25, 0.3) is 22.6 Å². The van der Waals surface area contributed by atoms with Crippen LogP contribution in [-0.2, 0) is 19.0 Å². The molecule has 2 aromatic heterocycles. The first-order valence-corrected chi connectivity index (χ1v) is 11.0. The van der Waals surface area contributed by atoms with E-state index in [9.17, 15) is 14.0 Å². The molecule has 0 radical (unpaired) electrons. The van der Waals surface area contributed by atoms with Gasteiger partial charge >= 0.3 is 18.1 Å². The molecule has 0 bridgehead atoms. The summed E-state index contributed by atoms with van der Waals surface area (Å²) in [7, 11) is 0. The van der Waals surface area contributed by atoms with E-state index in [4.69, 9.17) is 25.1 Å². The predicted octanol–water partition coefficient (Wildman–Crippen LogP) is 2.11. The number of nitrogens with one attached hydrogen (secondary N) is 1. The van der Waals surface area contributed by atoms with Crippen molar-refractivity contribution >= 4 is 12.1 Å². The smallest absolute Gasteiger partial charge is 0.412 e. The average molecular weight is 501 g/mol. The minimum Gasteiger partial charge on any atom is -0.463 e. The van der Waals surface area contributed by atoms with Crippen LogP contribution in [0.3, 0.4) is 0 Å². The van der Waals surface area contributed by atoms with Gasteiger partial charge in [-0.2, -0.15) is 4.98 Å². The molecule has 1 aromatic carbocycles. The molecule has 0 unspecified atom stereocenters. The largest absolute Gasteiger partial charge is 0.463 e. The summed E-state index contributed by atoms with van der Waals surface area (Å²) in [4.78, 5) is 39.3. The summed E-state index contributed by atoms with van der Waals surface area (Å²) in [6.45, 7) is 1.48. The maximum atomic E-state index is 13.5. The number of aliphatic hydroxyl groups excluding tert-OH is 1. The molecule has 0 aliphatic carbocycles. The first kappa shape index (κ1) is 25.2. The van der Waals surface area contributed by atoms with Gasteiger partial charge in [0.15, 0.2) is 5.82 Å². The number of nitrogens with zero attached hydrogens (tertiary/aromatic N) is 3. The van der Waals surface area contributed by atoms with E-state index in [1.54, 1.807) is 18.2 Å². The fourth-order valence-electron chi connectivity index (χ4n) is 3.38. The highest BCUT2D eigenvalue weighted by molar-refractivity contribution is 5.87. The number of aromatic amines is 1. The lowest BCUT2D eigenvalue weighted by Crippen LogP contribution is -2.45. The van der Waals surface area contributed by atoms with Gasteiger partial charge in [0.05, 0.1) is 36.9 Å². The number of aromatic nitrogens is 4. The number of rotatable bonds is 8. The molecule has 13 heteroatoms. The molecular weight excluding hydrogens is 477 g/mol. The van der Waals surface area contributed by atoms with Crippen molar-refractivity contribution < 1.29 is 38.0 Å². The number of hydrogen-bond acceptors (Lipinski definition) is 10. The lowest BCUT2D eigenvalue weighted by atomic mass is 9.92. The van der Waals surface area contributed by atoms with E-state index in [1.807, 2.05) is 0 Å². The molecule has 3 aromatic rings. The summed E-state index contributed by atoms with van der Waals surface area (Å²) in [5, 5.41) is 8.96. The Kier molecular flexibility index (Phi) is 7.52. The number of benzene rings is 1. The number of imidazole rings is 1. The highest BCUT2D eigenvalue weighted by atomic mass is 19.1. The predicted molar refractivity (Wildman–Crippen MR) is 121 cm³/mol. The van der Waals surface area contributed by atoms with E-state index < -0.39 is 29.6 Å². The van der Waals surface area contributed by atoms with Crippen LogP contribution >= 0.6 is 0 Å². The zero-order valence-electron chi connectivity index (χ0n) is 19.3.